The lowest BCUT2D eigenvalue weighted by Crippen LogP contribution is -2.33. The molecule has 1 heterocycles. The predicted molar refractivity (Wildman–Crippen MR) is 76.7 cm³/mol. The molecule has 0 aliphatic carbocycles. The third kappa shape index (κ3) is 3.23. The molecule has 0 spiro atoms. The van der Waals surface area contributed by atoms with E-state index in [1.807, 2.05) is 18.2 Å². The van der Waals surface area contributed by atoms with Crippen LogP contribution < -0.4 is 16.4 Å². The minimum atomic E-state index is -0.410. The van der Waals surface area contributed by atoms with E-state index >= 15 is 0 Å². The number of hydrogen-bond donors (Lipinski definition) is 3. The van der Waals surface area contributed by atoms with Crippen molar-refractivity contribution in [3.8, 4) is 0 Å². The van der Waals surface area contributed by atoms with Gasteiger partial charge in [0.15, 0.2) is 0 Å². The number of hydrogen-bond acceptors (Lipinski definition) is 3. The number of halogens is 1. The van der Waals surface area contributed by atoms with Gasteiger partial charge in [0.1, 0.15) is 0 Å². The van der Waals surface area contributed by atoms with Gasteiger partial charge in [0, 0.05) is 16.7 Å². The highest BCUT2D eigenvalue weighted by atomic mass is 79.9. The highest BCUT2D eigenvalue weighted by Gasteiger charge is 2.15. The minimum absolute atomic E-state index is 0.410. The van der Waals surface area contributed by atoms with Crippen LogP contribution in [0.3, 0.4) is 0 Å². The number of benzene rings is 1. The fraction of sp³-hybridized carbons (Fsp3) is 0.462. The van der Waals surface area contributed by atoms with E-state index in [1.165, 1.54) is 12.8 Å². The maximum absolute atomic E-state index is 11.4. The van der Waals surface area contributed by atoms with E-state index in [0.717, 1.165) is 29.8 Å². The molecular formula is C13H18BrN3O. The third-order valence-corrected chi connectivity index (χ3v) is 3.90. The average Bonchev–Trinajstić information content (AvgIpc) is 2.37. The van der Waals surface area contributed by atoms with Crippen LogP contribution in [0.2, 0.25) is 0 Å². The highest BCUT2D eigenvalue weighted by molar-refractivity contribution is 9.10. The van der Waals surface area contributed by atoms with Crippen LogP contribution in [0.15, 0.2) is 22.7 Å². The number of rotatable bonds is 4. The molecule has 1 aliphatic rings. The van der Waals surface area contributed by atoms with Crippen molar-refractivity contribution in [1.29, 1.82) is 0 Å². The summed E-state index contributed by atoms with van der Waals surface area (Å²) in [6, 6.07) is 5.62. The molecule has 0 radical (unpaired) electrons. The Bertz CT molecular complexity index is 430. The SMILES string of the molecule is NC(=O)c1c(Br)cccc1NCC1CCCNC1. The van der Waals surface area contributed by atoms with Crippen LogP contribution in [0.5, 0.6) is 0 Å². The van der Waals surface area contributed by atoms with Crippen molar-refractivity contribution in [1.82, 2.24) is 5.32 Å². The zero-order chi connectivity index (χ0) is 13.0. The van der Waals surface area contributed by atoms with Crippen molar-refractivity contribution in [2.24, 2.45) is 11.7 Å². The van der Waals surface area contributed by atoms with Gasteiger partial charge < -0.3 is 16.4 Å². The Labute approximate surface area is 115 Å². The van der Waals surface area contributed by atoms with E-state index in [0.29, 0.717) is 11.5 Å². The summed E-state index contributed by atoms with van der Waals surface area (Å²) in [4.78, 5) is 11.4. The van der Waals surface area contributed by atoms with E-state index in [9.17, 15) is 4.79 Å². The van der Waals surface area contributed by atoms with Crippen molar-refractivity contribution in [3.05, 3.63) is 28.2 Å². The molecule has 1 aliphatic heterocycles. The number of anilines is 1. The second kappa shape index (κ2) is 6.20. The summed E-state index contributed by atoms with van der Waals surface area (Å²) >= 11 is 3.36. The summed E-state index contributed by atoms with van der Waals surface area (Å²) in [6.45, 7) is 3.01. The summed E-state index contributed by atoms with van der Waals surface area (Å²) in [7, 11) is 0. The Morgan fingerprint density at radius 2 is 2.39 bits per heavy atom. The van der Waals surface area contributed by atoms with E-state index < -0.39 is 5.91 Å². The van der Waals surface area contributed by atoms with Gasteiger partial charge in [0.05, 0.1) is 5.56 Å². The van der Waals surface area contributed by atoms with Crippen LogP contribution in [0.1, 0.15) is 23.2 Å². The molecule has 0 saturated carbocycles. The van der Waals surface area contributed by atoms with Crippen molar-refractivity contribution in [3.63, 3.8) is 0 Å². The maximum atomic E-state index is 11.4. The molecule has 5 heteroatoms. The lowest BCUT2D eigenvalue weighted by atomic mass is 9.99. The summed E-state index contributed by atoms with van der Waals surface area (Å²) < 4.78 is 0.738. The second-order valence-electron chi connectivity index (χ2n) is 4.62. The van der Waals surface area contributed by atoms with Gasteiger partial charge in [0.2, 0.25) is 0 Å². The summed E-state index contributed by atoms with van der Waals surface area (Å²) in [6.07, 6.45) is 2.44. The number of piperidine rings is 1. The van der Waals surface area contributed by atoms with Gasteiger partial charge in [-0.25, -0.2) is 0 Å². The Kier molecular flexibility index (Phi) is 4.60. The van der Waals surface area contributed by atoms with Crippen molar-refractivity contribution < 1.29 is 4.79 Å². The molecule has 4 nitrogen and oxygen atoms in total. The van der Waals surface area contributed by atoms with E-state index in [4.69, 9.17) is 5.73 Å². The van der Waals surface area contributed by atoms with Crippen LogP contribution in [0.4, 0.5) is 5.69 Å². The first kappa shape index (κ1) is 13.4. The summed E-state index contributed by atoms with van der Waals surface area (Å²) in [5.74, 6) is 0.199. The average molecular weight is 312 g/mol. The van der Waals surface area contributed by atoms with E-state index in [1.54, 1.807) is 0 Å². The molecule has 1 aromatic carbocycles. The van der Waals surface area contributed by atoms with E-state index in [-0.39, 0.29) is 0 Å². The quantitative estimate of drug-likeness (QED) is 0.796. The second-order valence-corrected chi connectivity index (χ2v) is 5.47. The molecule has 1 unspecified atom stereocenters. The van der Waals surface area contributed by atoms with Crippen LogP contribution in [-0.2, 0) is 0 Å². The zero-order valence-corrected chi connectivity index (χ0v) is 11.8. The summed E-state index contributed by atoms with van der Waals surface area (Å²) in [5, 5.41) is 6.71. The zero-order valence-electron chi connectivity index (χ0n) is 10.2. The molecule has 18 heavy (non-hydrogen) atoms. The molecule has 1 fully saturated rings. The lowest BCUT2D eigenvalue weighted by Gasteiger charge is -2.24. The van der Waals surface area contributed by atoms with Crippen LogP contribution in [0.25, 0.3) is 0 Å². The molecular weight excluding hydrogens is 294 g/mol. The molecule has 1 amide bonds. The van der Waals surface area contributed by atoms with Crippen molar-refractivity contribution in [2.45, 2.75) is 12.8 Å². The standard InChI is InChI=1S/C13H18BrN3O/c14-10-4-1-5-11(12(10)13(15)18)17-8-9-3-2-6-16-7-9/h1,4-5,9,16-17H,2-3,6-8H2,(H2,15,18). The molecule has 2 rings (SSSR count). The van der Waals surface area contributed by atoms with Crippen molar-refractivity contribution in [2.75, 3.05) is 25.0 Å². The molecule has 1 aromatic rings. The van der Waals surface area contributed by atoms with Gasteiger partial charge in [-0.05, 0) is 59.9 Å². The number of carbonyl (C=O) groups excluding carboxylic acids is 1. The summed E-state index contributed by atoms with van der Waals surface area (Å²) in [5.41, 5.74) is 6.74. The first-order valence-corrected chi connectivity index (χ1v) is 7.00. The van der Waals surface area contributed by atoms with Gasteiger partial charge in [0.25, 0.3) is 5.91 Å². The highest BCUT2D eigenvalue weighted by Crippen LogP contribution is 2.24. The molecule has 1 atom stereocenters. The topological polar surface area (TPSA) is 67.2 Å². The fourth-order valence-corrected chi connectivity index (χ4v) is 2.84. The first-order chi connectivity index (χ1) is 8.68. The Morgan fingerprint density at radius 1 is 1.56 bits per heavy atom. The third-order valence-electron chi connectivity index (χ3n) is 3.24. The predicted octanol–water partition coefficient (Wildman–Crippen LogP) is 1.96. The number of amides is 1. The van der Waals surface area contributed by atoms with Crippen LogP contribution >= 0.6 is 15.9 Å². The molecule has 0 bridgehead atoms. The normalized spacial score (nSPS) is 19.5. The van der Waals surface area contributed by atoms with Crippen molar-refractivity contribution >= 4 is 27.5 Å². The first-order valence-electron chi connectivity index (χ1n) is 6.21. The van der Waals surface area contributed by atoms with Crippen LogP contribution in [0, 0.1) is 5.92 Å². The Morgan fingerprint density at radius 3 is 3.06 bits per heavy atom. The monoisotopic (exact) mass is 311 g/mol. The largest absolute Gasteiger partial charge is 0.384 e. The van der Waals surface area contributed by atoms with Gasteiger partial charge in [-0.1, -0.05) is 6.07 Å². The fourth-order valence-electron chi connectivity index (χ4n) is 2.27. The minimum Gasteiger partial charge on any atom is -0.384 e. The smallest absolute Gasteiger partial charge is 0.251 e. The van der Waals surface area contributed by atoms with E-state index in [2.05, 4.69) is 26.6 Å². The number of nitrogens with two attached hydrogens (primary N) is 1. The molecule has 1 saturated heterocycles. The van der Waals surface area contributed by atoms with Gasteiger partial charge in [-0.2, -0.15) is 0 Å². The lowest BCUT2D eigenvalue weighted by molar-refractivity contribution is 0.100. The molecule has 4 N–H and O–H groups in total. The Hall–Kier alpha value is -1.07. The number of primary amides is 1. The number of carbonyl (C=O) groups is 1. The van der Waals surface area contributed by atoms with Gasteiger partial charge in [-0.3, -0.25) is 4.79 Å². The maximum Gasteiger partial charge on any atom is 0.251 e. The van der Waals surface area contributed by atoms with Gasteiger partial charge in [-0.15, -0.1) is 0 Å². The van der Waals surface area contributed by atoms with Crippen LogP contribution in [-0.4, -0.2) is 25.5 Å². The Balaban J connectivity index is 2.04. The van der Waals surface area contributed by atoms with Gasteiger partial charge >= 0.3 is 0 Å². The molecule has 98 valence electrons. The molecule has 0 aromatic heterocycles. The number of nitrogens with one attached hydrogen (secondary N) is 2.